The van der Waals surface area contributed by atoms with Crippen LogP contribution in [0.4, 0.5) is 0 Å². The normalized spacial score (nSPS) is 20.9. The van der Waals surface area contributed by atoms with E-state index in [1.807, 2.05) is 0 Å². The molecule has 2 heterocycles. The van der Waals surface area contributed by atoms with Gasteiger partial charge in [-0.15, -0.1) is 0 Å². The first-order chi connectivity index (χ1) is 10.6. The van der Waals surface area contributed by atoms with E-state index in [0.717, 1.165) is 7.11 Å². The Morgan fingerprint density at radius 3 is 2.82 bits per heavy atom. The molecule has 2 unspecified atom stereocenters. The zero-order chi connectivity index (χ0) is 16.0. The van der Waals surface area contributed by atoms with Gasteiger partial charge in [0.2, 0.25) is 0 Å². The van der Waals surface area contributed by atoms with Gasteiger partial charge in [-0.2, -0.15) is 0 Å². The van der Waals surface area contributed by atoms with Gasteiger partial charge in [0, 0.05) is 18.3 Å². The monoisotopic (exact) mass is 311 g/mol. The zero-order valence-electron chi connectivity index (χ0n) is 12.1. The molecule has 0 amide bonds. The zero-order valence-corrected chi connectivity index (χ0v) is 12.1. The average Bonchev–Trinajstić information content (AvgIpc) is 2.55. The Labute approximate surface area is 127 Å². The van der Waals surface area contributed by atoms with Crippen LogP contribution < -0.4 is 0 Å². The molecule has 1 aromatic rings. The van der Waals surface area contributed by atoms with Crippen LogP contribution in [0, 0.1) is 0 Å². The van der Waals surface area contributed by atoms with Gasteiger partial charge in [-0.25, -0.2) is 9.59 Å². The van der Waals surface area contributed by atoms with Gasteiger partial charge in [0.1, 0.15) is 0 Å². The lowest BCUT2D eigenvalue weighted by atomic mass is 9.97. The molecule has 0 aromatic carbocycles. The highest BCUT2D eigenvalue weighted by atomic mass is 16.7. The first-order valence-electron chi connectivity index (χ1n) is 6.67. The third-order valence-corrected chi connectivity index (χ3v) is 3.13. The first kappa shape index (κ1) is 16.3. The van der Waals surface area contributed by atoms with Crippen LogP contribution in [-0.2, 0) is 35.0 Å². The Hall–Kier alpha value is -2.03. The van der Waals surface area contributed by atoms with E-state index in [1.165, 1.54) is 6.20 Å². The second-order valence-electron chi connectivity index (χ2n) is 4.61. The number of aliphatic carboxylic acids is 1. The van der Waals surface area contributed by atoms with Gasteiger partial charge in [-0.3, -0.25) is 4.98 Å². The number of methoxy groups -OCH3 is 1. The number of carbonyl (C=O) groups is 2. The van der Waals surface area contributed by atoms with Crippen molar-refractivity contribution in [2.75, 3.05) is 26.9 Å². The summed E-state index contributed by atoms with van der Waals surface area (Å²) in [6.07, 6.45) is 0.252. The molecule has 120 valence electrons. The van der Waals surface area contributed by atoms with Gasteiger partial charge in [0.05, 0.1) is 26.9 Å². The Bertz CT molecular complexity index is 515. The lowest BCUT2D eigenvalue weighted by Crippen LogP contribution is -2.55. The molecule has 22 heavy (non-hydrogen) atoms. The SMILES string of the molecule is COC(=O)C(Cc1ccccn1)(OC1COCCO1)C(=O)O. The molecule has 0 aliphatic carbocycles. The summed E-state index contributed by atoms with van der Waals surface area (Å²) in [6, 6.07) is 4.97. The van der Waals surface area contributed by atoms with Crippen LogP contribution in [0.1, 0.15) is 5.69 Å². The van der Waals surface area contributed by atoms with Crippen molar-refractivity contribution in [2.24, 2.45) is 0 Å². The highest BCUT2D eigenvalue weighted by Gasteiger charge is 2.51. The van der Waals surface area contributed by atoms with E-state index >= 15 is 0 Å². The van der Waals surface area contributed by atoms with Crippen LogP contribution in [0.25, 0.3) is 0 Å². The van der Waals surface area contributed by atoms with Crippen LogP contribution >= 0.6 is 0 Å². The number of aromatic nitrogens is 1. The second-order valence-corrected chi connectivity index (χ2v) is 4.61. The van der Waals surface area contributed by atoms with Gasteiger partial charge >= 0.3 is 11.9 Å². The van der Waals surface area contributed by atoms with Crippen molar-refractivity contribution in [3.05, 3.63) is 30.1 Å². The number of rotatable bonds is 6. The predicted molar refractivity (Wildman–Crippen MR) is 72.0 cm³/mol. The van der Waals surface area contributed by atoms with Crippen molar-refractivity contribution in [2.45, 2.75) is 18.3 Å². The fourth-order valence-corrected chi connectivity index (χ4v) is 2.06. The second kappa shape index (κ2) is 7.30. The van der Waals surface area contributed by atoms with E-state index < -0.39 is 23.8 Å². The summed E-state index contributed by atoms with van der Waals surface area (Å²) >= 11 is 0. The molecule has 1 aromatic heterocycles. The van der Waals surface area contributed by atoms with Crippen LogP contribution in [-0.4, -0.2) is 60.9 Å². The van der Waals surface area contributed by atoms with Crippen LogP contribution in [0.15, 0.2) is 24.4 Å². The third kappa shape index (κ3) is 3.59. The average molecular weight is 311 g/mol. The Kier molecular flexibility index (Phi) is 5.42. The fraction of sp³-hybridized carbons (Fsp3) is 0.500. The first-order valence-corrected chi connectivity index (χ1v) is 6.67. The van der Waals surface area contributed by atoms with Crippen molar-refractivity contribution < 1.29 is 33.6 Å². The van der Waals surface area contributed by atoms with Crippen molar-refractivity contribution in [1.29, 1.82) is 0 Å². The van der Waals surface area contributed by atoms with Crippen molar-refractivity contribution in [3.63, 3.8) is 0 Å². The van der Waals surface area contributed by atoms with Crippen molar-refractivity contribution >= 4 is 11.9 Å². The number of esters is 1. The molecule has 0 saturated carbocycles. The molecule has 2 rings (SSSR count). The molecule has 0 bridgehead atoms. The number of ether oxygens (including phenoxy) is 4. The lowest BCUT2D eigenvalue weighted by molar-refractivity contribution is -0.260. The number of pyridine rings is 1. The third-order valence-electron chi connectivity index (χ3n) is 3.13. The minimum atomic E-state index is -2.24. The summed E-state index contributed by atoms with van der Waals surface area (Å²) in [4.78, 5) is 27.9. The molecule has 1 fully saturated rings. The molecule has 8 heteroatoms. The van der Waals surface area contributed by atoms with Crippen molar-refractivity contribution in [3.8, 4) is 0 Å². The summed E-state index contributed by atoms with van der Waals surface area (Å²) < 4.78 is 20.5. The largest absolute Gasteiger partial charge is 0.479 e. The number of carboxylic acid groups (broad SMARTS) is 1. The van der Waals surface area contributed by atoms with E-state index in [-0.39, 0.29) is 19.6 Å². The molecule has 0 spiro atoms. The summed E-state index contributed by atoms with van der Waals surface area (Å²) in [5.74, 6) is -2.50. The maximum atomic E-state index is 12.1. The van der Waals surface area contributed by atoms with Gasteiger partial charge in [0.25, 0.3) is 5.60 Å². The van der Waals surface area contributed by atoms with Crippen molar-refractivity contribution in [1.82, 2.24) is 4.98 Å². The minimum absolute atomic E-state index is 0.0360. The molecule has 1 saturated heterocycles. The van der Waals surface area contributed by atoms with Gasteiger partial charge in [0.15, 0.2) is 6.29 Å². The number of hydrogen-bond donors (Lipinski definition) is 1. The maximum Gasteiger partial charge on any atom is 0.350 e. The Morgan fingerprint density at radius 1 is 1.45 bits per heavy atom. The van der Waals surface area contributed by atoms with Crippen LogP contribution in [0.3, 0.4) is 0 Å². The molecule has 1 aliphatic rings. The molecule has 0 radical (unpaired) electrons. The van der Waals surface area contributed by atoms with Crippen LogP contribution in [0.5, 0.6) is 0 Å². The van der Waals surface area contributed by atoms with E-state index in [4.69, 9.17) is 14.2 Å². The quantitative estimate of drug-likeness (QED) is 0.579. The highest BCUT2D eigenvalue weighted by molar-refractivity contribution is 6.03. The summed E-state index contributed by atoms with van der Waals surface area (Å²) in [6.45, 7) is 0.678. The summed E-state index contributed by atoms with van der Waals surface area (Å²) in [5.41, 5.74) is -1.86. The lowest BCUT2D eigenvalue weighted by Gasteiger charge is -2.32. The van der Waals surface area contributed by atoms with Gasteiger partial charge < -0.3 is 24.1 Å². The van der Waals surface area contributed by atoms with E-state index in [1.54, 1.807) is 18.2 Å². The Balaban J connectivity index is 2.28. The van der Waals surface area contributed by atoms with E-state index in [0.29, 0.717) is 12.3 Å². The number of nitrogens with zero attached hydrogens (tertiary/aromatic N) is 1. The molecule has 1 N–H and O–H groups in total. The standard InChI is InChI=1S/C14H17NO7/c1-19-13(18)14(12(16)17,8-10-4-2-3-5-15-10)22-11-9-20-6-7-21-11/h2-5,11H,6-9H2,1H3,(H,16,17). The highest BCUT2D eigenvalue weighted by Crippen LogP contribution is 2.23. The predicted octanol–water partition coefficient (Wildman–Crippen LogP) is 0.0100. The summed E-state index contributed by atoms with van der Waals surface area (Å²) in [5, 5.41) is 9.57. The summed E-state index contributed by atoms with van der Waals surface area (Å²) in [7, 11) is 1.10. The topological polar surface area (TPSA) is 104 Å². The smallest absolute Gasteiger partial charge is 0.350 e. The maximum absolute atomic E-state index is 12.1. The van der Waals surface area contributed by atoms with E-state index in [2.05, 4.69) is 9.72 Å². The molecular formula is C14H17NO7. The van der Waals surface area contributed by atoms with Gasteiger partial charge in [-0.1, -0.05) is 6.07 Å². The minimum Gasteiger partial charge on any atom is -0.479 e. The Morgan fingerprint density at radius 2 is 2.27 bits per heavy atom. The molecular weight excluding hydrogens is 294 g/mol. The van der Waals surface area contributed by atoms with E-state index in [9.17, 15) is 14.7 Å². The number of hydrogen-bond acceptors (Lipinski definition) is 7. The molecule has 2 atom stereocenters. The fourth-order valence-electron chi connectivity index (χ4n) is 2.06. The number of carboxylic acids is 1. The number of carbonyl (C=O) groups excluding carboxylic acids is 1. The van der Waals surface area contributed by atoms with Gasteiger partial charge in [-0.05, 0) is 12.1 Å². The molecule has 8 nitrogen and oxygen atoms in total. The molecule has 1 aliphatic heterocycles. The van der Waals surface area contributed by atoms with Crippen LogP contribution in [0.2, 0.25) is 0 Å².